The minimum Gasteiger partial charge on any atom is -0.485 e. The van der Waals surface area contributed by atoms with Crippen LogP contribution in [0.1, 0.15) is 99.8 Å². The third kappa shape index (κ3) is 11.0. The zero-order valence-corrected chi connectivity index (χ0v) is 25.6. The molecule has 1 heterocycles. The van der Waals surface area contributed by atoms with Gasteiger partial charge in [-0.1, -0.05) is 68.4 Å². The summed E-state index contributed by atoms with van der Waals surface area (Å²) in [4.78, 5) is 13.8. The Labute approximate surface area is 237 Å². The Morgan fingerprint density at radius 3 is 2.31 bits per heavy atom. The minimum atomic E-state index is -0.106. The number of pyridine rings is 1. The SMILES string of the molecule is CCCCCCOc1c(OCC=C(C)C)c2ccc(NC/C=C(\C)CCC=C(C)C)cc2n(CCCC)c1=O. The zero-order chi connectivity index (χ0) is 28.6. The highest BCUT2D eigenvalue weighted by Gasteiger charge is 2.20. The fraction of sp³-hybridized carbons (Fsp3) is 0.559. The average Bonchev–Trinajstić information content (AvgIpc) is 2.89. The Kier molecular flexibility index (Phi) is 14.6. The number of hydrogen-bond donors (Lipinski definition) is 1. The monoisotopic (exact) mass is 536 g/mol. The summed E-state index contributed by atoms with van der Waals surface area (Å²) in [6.45, 7) is 17.2. The van der Waals surface area contributed by atoms with Crippen molar-refractivity contribution in [1.82, 2.24) is 4.57 Å². The predicted molar refractivity (Wildman–Crippen MR) is 169 cm³/mol. The molecule has 39 heavy (non-hydrogen) atoms. The number of allylic oxidation sites excluding steroid dienone is 4. The summed E-state index contributed by atoms with van der Waals surface area (Å²) in [6.07, 6.45) is 15.0. The molecule has 2 rings (SSSR count). The molecule has 0 aliphatic carbocycles. The number of aryl methyl sites for hydroxylation is 1. The van der Waals surface area contributed by atoms with Crippen LogP contribution in [0.2, 0.25) is 0 Å². The van der Waals surface area contributed by atoms with Gasteiger partial charge in [0, 0.05) is 24.2 Å². The van der Waals surface area contributed by atoms with Crippen molar-refractivity contribution in [2.24, 2.45) is 0 Å². The van der Waals surface area contributed by atoms with Crippen LogP contribution in [-0.4, -0.2) is 24.3 Å². The first kappa shape index (κ1) is 32.3. The molecule has 1 N–H and O–H groups in total. The van der Waals surface area contributed by atoms with Crippen molar-refractivity contribution in [2.45, 2.75) is 106 Å². The Morgan fingerprint density at radius 2 is 1.62 bits per heavy atom. The summed E-state index contributed by atoms with van der Waals surface area (Å²) in [6, 6.07) is 6.21. The minimum absolute atomic E-state index is 0.106. The molecule has 5 heteroatoms. The zero-order valence-electron chi connectivity index (χ0n) is 25.6. The van der Waals surface area contributed by atoms with E-state index in [9.17, 15) is 4.79 Å². The summed E-state index contributed by atoms with van der Waals surface area (Å²) in [5.74, 6) is 0.894. The molecule has 0 unspecified atom stereocenters. The van der Waals surface area contributed by atoms with Gasteiger partial charge in [-0.15, -0.1) is 0 Å². The van der Waals surface area contributed by atoms with Gasteiger partial charge >= 0.3 is 0 Å². The van der Waals surface area contributed by atoms with E-state index in [0.717, 1.165) is 61.7 Å². The Balaban J connectivity index is 2.42. The second-order valence-corrected chi connectivity index (χ2v) is 11.0. The van der Waals surface area contributed by atoms with Crippen LogP contribution in [0.4, 0.5) is 5.69 Å². The lowest BCUT2D eigenvalue weighted by molar-refractivity contribution is 0.272. The van der Waals surface area contributed by atoms with E-state index in [2.05, 4.69) is 70.3 Å². The highest BCUT2D eigenvalue weighted by atomic mass is 16.5. The molecule has 5 nitrogen and oxygen atoms in total. The molecule has 0 spiro atoms. The molecule has 0 atom stereocenters. The normalized spacial score (nSPS) is 11.4. The number of fused-ring (bicyclic) bond motifs is 1. The number of ether oxygens (including phenoxy) is 2. The second kappa shape index (κ2) is 17.6. The lowest BCUT2D eigenvalue weighted by Gasteiger charge is -2.19. The van der Waals surface area contributed by atoms with Crippen LogP contribution in [0.25, 0.3) is 10.9 Å². The molecule has 0 saturated carbocycles. The van der Waals surface area contributed by atoms with Gasteiger partial charge in [0.05, 0.1) is 12.1 Å². The van der Waals surface area contributed by atoms with Gasteiger partial charge in [0.2, 0.25) is 5.75 Å². The van der Waals surface area contributed by atoms with Gasteiger partial charge in [0.25, 0.3) is 5.56 Å². The van der Waals surface area contributed by atoms with Crippen molar-refractivity contribution in [3.63, 3.8) is 0 Å². The third-order valence-electron chi connectivity index (χ3n) is 6.73. The van der Waals surface area contributed by atoms with E-state index in [1.165, 1.54) is 29.6 Å². The number of aromatic nitrogens is 1. The number of hydrogen-bond acceptors (Lipinski definition) is 4. The highest BCUT2D eigenvalue weighted by molar-refractivity contribution is 5.90. The topological polar surface area (TPSA) is 52.5 Å². The van der Waals surface area contributed by atoms with Crippen molar-refractivity contribution in [3.05, 3.63) is 63.5 Å². The van der Waals surface area contributed by atoms with E-state index in [-0.39, 0.29) is 5.56 Å². The van der Waals surface area contributed by atoms with Gasteiger partial charge in [-0.3, -0.25) is 4.79 Å². The number of nitrogens with zero attached hydrogens (tertiary/aromatic N) is 1. The van der Waals surface area contributed by atoms with Crippen LogP contribution in [0.3, 0.4) is 0 Å². The maximum Gasteiger partial charge on any atom is 0.297 e. The van der Waals surface area contributed by atoms with Crippen molar-refractivity contribution in [3.8, 4) is 11.5 Å². The van der Waals surface area contributed by atoms with E-state index in [1.54, 1.807) is 0 Å². The van der Waals surface area contributed by atoms with Crippen molar-refractivity contribution >= 4 is 16.6 Å². The van der Waals surface area contributed by atoms with Crippen LogP contribution >= 0.6 is 0 Å². The van der Waals surface area contributed by atoms with Gasteiger partial charge in [-0.25, -0.2) is 0 Å². The first-order chi connectivity index (χ1) is 18.8. The molecule has 0 radical (unpaired) electrons. The first-order valence-electron chi connectivity index (χ1n) is 14.9. The van der Waals surface area contributed by atoms with E-state index < -0.39 is 0 Å². The van der Waals surface area contributed by atoms with E-state index >= 15 is 0 Å². The van der Waals surface area contributed by atoms with Gasteiger partial charge in [0.1, 0.15) is 6.61 Å². The number of unbranched alkanes of at least 4 members (excludes halogenated alkanes) is 4. The molecule has 1 aromatic heterocycles. The van der Waals surface area contributed by atoms with Crippen LogP contribution in [0.5, 0.6) is 11.5 Å². The molecule has 0 aliphatic rings. The Morgan fingerprint density at radius 1 is 0.872 bits per heavy atom. The maximum atomic E-state index is 13.8. The Hall–Kier alpha value is -2.95. The van der Waals surface area contributed by atoms with Crippen LogP contribution in [-0.2, 0) is 6.54 Å². The second-order valence-electron chi connectivity index (χ2n) is 11.0. The smallest absolute Gasteiger partial charge is 0.297 e. The first-order valence-corrected chi connectivity index (χ1v) is 14.9. The summed E-state index contributed by atoms with van der Waals surface area (Å²) in [5, 5.41) is 4.44. The van der Waals surface area contributed by atoms with Crippen molar-refractivity contribution < 1.29 is 9.47 Å². The summed E-state index contributed by atoms with van der Waals surface area (Å²) < 4.78 is 14.3. The highest BCUT2D eigenvalue weighted by Crippen LogP contribution is 2.35. The van der Waals surface area contributed by atoms with Gasteiger partial charge in [0.15, 0.2) is 5.75 Å². The molecule has 0 fully saturated rings. The molecule has 0 bridgehead atoms. The fourth-order valence-corrected chi connectivity index (χ4v) is 4.35. The predicted octanol–water partition coefficient (Wildman–Crippen LogP) is 9.21. The van der Waals surface area contributed by atoms with Crippen molar-refractivity contribution in [2.75, 3.05) is 25.1 Å². The van der Waals surface area contributed by atoms with Gasteiger partial charge < -0.3 is 19.4 Å². The molecule has 0 aliphatic heterocycles. The number of nitrogens with one attached hydrogen (secondary N) is 1. The maximum absolute atomic E-state index is 13.8. The largest absolute Gasteiger partial charge is 0.485 e. The fourth-order valence-electron chi connectivity index (χ4n) is 4.35. The van der Waals surface area contributed by atoms with Crippen LogP contribution in [0.15, 0.2) is 57.9 Å². The molecular weight excluding hydrogens is 484 g/mol. The summed E-state index contributed by atoms with van der Waals surface area (Å²) in [7, 11) is 0. The lowest BCUT2D eigenvalue weighted by Crippen LogP contribution is -2.24. The standard InChI is InChI=1S/C34H52N2O3/c1-8-10-12-13-23-38-33-32(39-24-20-27(5)6)30-18-17-29(25-31(30)36(34(33)37)22-11-9-2)35-21-19-28(7)16-14-15-26(3)4/h15,17-20,25,35H,8-14,16,21-24H2,1-7H3/b28-19+. The number of rotatable bonds is 18. The van der Waals surface area contributed by atoms with E-state index in [0.29, 0.717) is 31.3 Å². The molecule has 2 aromatic rings. The summed E-state index contributed by atoms with van der Waals surface area (Å²) >= 11 is 0. The summed E-state index contributed by atoms with van der Waals surface area (Å²) in [5.41, 5.74) is 5.67. The molecule has 216 valence electrons. The van der Waals surface area contributed by atoms with E-state index in [4.69, 9.17) is 9.47 Å². The third-order valence-corrected chi connectivity index (χ3v) is 6.73. The average molecular weight is 537 g/mol. The number of anilines is 1. The molecular formula is C34H52N2O3. The number of benzene rings is 1. The molecule has 0 amide bonds. The van der Waals surface area contributed by atoms with E-state index in [1.807, 2.05) is 24.5 Å². The van der Waals surface area contributed by atoms with Gasteiger partial charge in [-0.05, 0) is 84.6 Å². The van der Waals surface area contributed by atoms with Crippen LogP contribution < -0.4 is 20.3 Å². The van der Waals surface area contributed by atoms with Gasteiger partial charge in [-0.2, -0.15) is 0 Å². The Bertz CT molecular complexity index is 1180. The quantitative estimate of drug-likeness (QED) is 0.152. The van der Waals surface area contributed by atoms with Crippen LogP contribution in [0, 0.1) is 0 Å². The van der Waals surface area contributed by atoms with Crippen molar-refractivity contribution in [1.29, 1.82) is 0 Å². The lowest BCUT2D eigenvalue weighted by atomic mass is 10.1. The molecule has 0 saturated heterocycles. The molecule has 1 aromatic carbocycles.